The van der Waals surface area contributed by atoms with Gasteiger partial charge in [0.05, 0.1) is 5.69 Å². The Bertz CT molecular complexity index is 948. The molecule has 0 bridgehead atoms. The zero-order chi connectivity index (χ0) is 18.5. The summed E-state index contributed by atoms with van der Waals surface area (Å²) < 4.78 is 0. The van der Waals surface area contributed by atoms with Crippen LogP contribution in [0.4, 0.5) is 5.69 Å². The Balaban J connectivity index is 1.80. The van der Waals surface area contributed by atoms with E-state index in [2.05, 4.69) is 5.32 Å². The van der Waals surface area contributed by atoms with Crippen LogP contribution < -0.4 is 5.32 Å². The number of para-hydroxylation sites is 1. The molecule has 4 heteroatoms. The minimum absolute atomic E-state index is 0.0393. The number of carbonyl (C=O) groups is 2. The second kappa shape index (κ2) is 7.98. The van der Waals surface area contributed by atoms with E-state index in [1.54, 1.807) is 48.5 Å². The van der Waals surface area contributed by atoms with Crippen LogP contribution in [-0.4, -0.2) is 11.7 Å². The largest absolute Gasteiger partial charge is 0.321 e. The van der Waals surface area contributed by atoms with Crippen LogP contribution >= 0.6 is 11.6 Å². The summed E-state index contributed by atoms with van der Waals surface area (Å²) in [6.45, 7) is 1.99. The Morgan fingerprint density at radius 1 is 0.923 bits per heavy atom. The topological polar surface area (TPSA) is 46.2 Å². The van der Waals surface area contributed by atoms with Crippen molar-refractivity contribution in [3.63, 3.8) is 0 Å². The van der Waals surface area contributed by atoms with Gasteiger partial charge >= 0.3 is 0 Å². The molecule has 3 rings (SSSR count). The number of hydrogen-bond acceptors (Lipinski definition) is 2. The number of hydrogen-bond donors (Lipinski definition) is 1. The number of carbonyl (C=O) groups excluding carboxylic acids is 2. The van der Waals surface area contributed by atoms with Crippen LogP contribution in [0.1, 0.15) is 31.8 Å². The molecule has 0 aliphatic heterocycles. The second-order valence-corrected chi connectivity index (χ2v) is 6.53. The monoisotopic (exact) mass is 363 g/mol. The summed E-state index contributed by atoms with van der Waals surface area (Å²) in [5, 5.41) is 3.39. The number of anilines is 1. The van der Waals surface area contributed by atoms with Crippen molar-refractivity contribution in [2.24, 2.45) is 0 Å². The molecule has 0 fully saturated rings. The maximum absolute atomic E-state index is 12.7. The fraction of sp³-hybridized carbons (Fsp3) is 0.0909. The van der Waals surface area contributed by atoms with E-state index in [0.717, 1.165) is 11.1 Å². The summed E-state index contributed by atoms with van der Waals surface area (Å²) in [5.74, 6) is -0.319. The SMILES string of the molecule is Cc1cccc(CC(=O)c2ccccc2NC(=O)c2ccc(Cl)cc2)c1. The molecule has 0 aliphatic carbocycles. The third-order valence-electron chi connectivity index (χ3n) is 4.03. The molecular weight excluding hydrogens is 346 g/mol. The van der Waals surface area contributed by atoms with Gasteiger partial charge in [0, 0.05) is 22.6 Å². The lowest BCUT2D eigenvalue weighted by Crippen LogP contribution is -2.15. The van der Waals surface area contributed by atoms with Gasteiger partial charge in [-0.3, -0.25) is 9.59 Å². The Labute approximate surface area is 157 Å². The highest BCUT2D eigenvalue weighted by atomic mass is 35.5. The standard InChI is InChI=1S/C22H18ClNO2/c1-15-5-4-6-16(13-15)14-21(25)19-7-2-3-8-20(19)24-22(26)17-9-11-18(23)12-10-17/h2-13H,14H2,1H3,(H,24,26). The number of aryl methyl sites for hydroxylation is 1. The number of halogens is 1. The Morgan fingerprint density at radius 2 is 1.65 bits per heavy atom. The third kappa shape index (κ3) is 4.38. The summed E-state index contributed by atoms with van der Waals surface area (Å²) in [4.78, 5) is 25.2. The first-order chi connectivity index (χ1) is 12.5. The van der Waals surface area contributed by atoms with E-state index >= 15 is 0 Å². The first kappa shape index (κ1) is 17.9. The molecule has 0 radical (unpaired) electrons. The van der Waals surface area contributed by atoms with Gasteiger partial charge in [-0.2, -0.15) is 0 Å². The third-order valence-corrected chi connectivity index (χ3v) is 4.28. The van der Waals surface area contributed by atoms with Crippen molar-refractivity contribution in [3.05, 3.63) is 100 Å². The average molecular weight is 364 g/mol. The van der Waals surface area contributed by atoms with Gasteiger partial charge in [-0.25, -0.2) is 0 Å². The minimum atomic E-state index is -0.280. The van der Waals surface area contributed by atoms with Crippen LogP contribution in [-0.2, 0) is 6.42 Å². The van der Waals surface area contributed by atoms with Crippen LogP contribution in [0.2, 0.25) is 5.02 Å². The number of nitrogens with one attached hydrogen (secondary N) is 1. The normalized spacial score (nSPS) is 10.4. The molecule has 1 amide bonds. The van der Waals surface area contributed by atoms with Gasteiger partial charge < -0.3 is 5.32 Å². The molecule has 0 atom stereocenters. The molecule has 0 aromatic heterocycles. The van der Waals surface area contributed by atoms with Gasteiger partial charge in [-0.05, 0) is 48.9 Å². The second-order valence-electron chi connectivity index (χ2n) is 6.10. The smallest absolute Gasteiger partial charge is 0.255 e. The molecule has 0 spiro atoms. The summed E-state index contributed by atoms with van der Waals surface area (Å²) >= 11 is 5.86. The van der Waals surface area contributed by atoms with Gasteiger partial charge in [0.25, 0.3) is 5.91 Å². The van der Waals surface area contributed by atoms with Crippen molar-refractivity contribution in [1.29, 1.82) is 0 Å². The highest BCUT2D eigenvalue weighted by Gasteiger charge is 2.14. The highest BCUT2D eigenvalue weighted by molar-refractivity contribution is 6.30. The Morgan fingerprint density at radius 3 is 2.38 bits per heavy atom. The van der Waals surface area contributed by atoms with Crippen LogP contribution in [0.15, 0.2) is 72.8 Å². The summed E-state index contributed by atoms with van der Waals surface area (Å²) in [5.41, 5.74) is 3.55. The van der Waals surface area contributed by atoms with E-state index in [1.165, 1.54) is 0 Å². The van der Waals surface area contributed by atoms with Gasteiger partial charge in [-0.15, -0.1) is 0 Å². The lowest BCUT2D eigenvalue weighted by atomic mass is 10.00. The van der Waals surface area contributed by atoms with E-state index in [1.807, 2.05) is 31.2 Å². The molecule has 3 aromatic carbocycles. The molecule has 0 aliphatic rings. The molecule has 0 unspecified atom stereocenters. The minimum Gasteiger partial charge on any atom is -0.321 e. The summed E-state index contributed by atoms with van der Waals surface area (Å²) in [6, 6.07) is 21.5. The molecule has 0 saturated carbocycles. The molecule has 130 valence electrons. The molecular formula is C22H18ClNO2. The van der Waals surface area contributed by atoms with Crippen LogP contribution in [0, 0.1) is 6.92 Å². The Kier molecular flexibility index (Phi) is 5.49. The van der Waals surface area contributed by atoms with Crippen LogP contribution in [0.25, 0.3) is 0 Å². The zero-order valence-corrected chi connectivity index (χ0v) is 15.1. The van der Waals surface area contributed by atoms with Gasteiger partial charge in [0.2, 0.25) is 0 Å². The fourth-order valence-electron chi connectivity index (χ4n) is 2.73. The Hall–Kier alpha value is -2.91. The quantitative estimate of drug-likeness (QED) is 0.623. The molecule has 0 saturated heterocycles. The maximum atomic E-state index is 12.7. The molecule has 0 heterocycles. The molecule has 26 heavy (non-hydrogen) atoms. The number of benzene rings is 3. The van der Waals surface area contributed by atoms with Crippen molar-refractivity contribution < 1.29 is 9.59 Å². The summed E-state index contributed by atoms with van der Waals surface area (Å²) in [6.07, 6.45) is 0.287. The van der Waals surface area contributed by atoms with Gasteiger partial charge in [0.1, 0.15) is 0 Å². The predicted molar refractivity (Wildman–Crippen MR) is 105 cm³/mol. The first-order valence-electron chi connectivity index (χ1n) is 8.27. The van der Waals surface area contributed by atoms with Gasteiger partial charge in [-0.1, -0.05) is 53.6 Å². The molecule has 3 nitrogen and oxygen atoms in total. The van der Waals surface area contributed by atoms with E-state index in [-0.39, 0.29) is 18.1 Å². The van der Waals surface area contributed by atoms with Crippen molar-refractivity contribution >= 4 is 29.0 Å². The number of Topliss-reactive ketones (excluding diaryl/α,β-unsaturated/α-hetero) is 1. The van der Waals surface area contributed by atoms with Crippen LogP contribution in [0.5, 0.6) is 0 Å². The molecule has 3 aromatic rings. The van der Waals surface area contributed by atoms with Crippen molar-refractivity contribution in [2.45, 2.75) is 13.3 Å². The van der Waals surface area contributed by atoms with Crippen molar-refractivity contribution in [2.75, 3.05) is 5.32 Å². The zero-order valence-electron chi connectivity index (χ0n) is 14.3. The van der Waals surface area contributed by atoms with E-state index in [0.29, 0.717) is 21.8 Å². The highest BCUT2D eigenvalue weighted by Crippen LogP contribution is 2.20. The maximum Gasteiger partial charge on any atom is 0.255 e. The lowest BCUT2D eigenvalue weighted by molar-refractivity contribution is 0.0994. The number of amides is 1. The van der Waals surface area contributed by atoms with E-state index in [4.69, 9.17) is 11.6 Å². The average Bonchev–Trinajstić information content (AvgIpc) is 2.62. The summed E-state index contributed by atoms with van der Waals surface area (Å²) in [7, 11) is 0. The van der Waals surface area contributed by atoms with Gasteiger partial charge in [0.15, 0.2) is 5.78 Å². The predicted octanol–water partition coefficient (Wildman–Crippen LogP) is 5.33. The fourth-order valence-corrected chi connectivity index (χ4v) is 2.86. The number of ketones is 1. The molecule has 1 N–H and O–H groups in total. The van der Waals surface area contributed by atoms with Crippen LogP contribution in [0.3, 0.4) is 0 Å². The first-order valence-corrected chi connectivity index (χ1v) is 8.65. The van der Waals surface area contributed by atoms with Crippen molar-refractivity contribution in [3.8, 4) is 0 Å². The van der Waals surface area contributed by atoms with E-state index < -0.39 is 0 Å². The van der Waals surface area contributed by atoms with Crippen molar-refractivity contribution in [1.82, 2.24) is 0 Å². The number of rotatable bonds is 5. The lowest BCUT2D eigenvalue weighted by Gasteiger charge is -2.11. The van der Waals surface area contributed by atoms with E-state index in [9.17, 15) is 9.59 Å².